The van der Waals surface area contributed by atoms with Gasteiger partial charge >= 0.3 is 0 Å². The summed E-state index contributed by atoms with van der Waals surface area (Å²) >= 11 is 7.60. The Labute approximate surface area is 146 Å². The molecule has 0 aliphatic heterocycles. The molecule has 0 N–H and O–H groups in total. The average Bonchev–Trinajstić information content (AvgIpc) is 2.54. The van der Waals surface area contributed by atoms with Crippen molar-refractivity contribution in [2.45, 2.75) is 44.8 Å². The SMILES string of the molecule is CCCCCn1c(SCCOCC)nc2cc(Cl)ccc2c1=O. The van der Waals surface area contributed by atoms with E-state index in [4.69, 9.17) is 16.3 Å². The van der Waals surface area contributed by atoms with Gasteiger partial charge in [-0.15, -0.1) is 0 Å². The first kappa shape index (κ1) is 18.3. The van der Waals surface area contributed by atoms with E-state index < -0.39 is 0 Å². The molecule has 0 amide bonds. The number of hydrogen-bond donors (Lipinski definition) is 0. The first-order valence-electron chi connectivity index (χ1n) is 8.08. The largest absolute Gasteiger partial charge is 0.381 e. The van der Waals surface area contributed by atoms with Gasteiger partial charge in [0, 0.05) is 23.9 Å². The quantitative estimate of drug-likeness (QED) is 0.381. The molecule has 0 fully saturated rings. The van der Waals surface area contributed by atoms with E-state index in [1.807, 2.05) is 6.92 Å². The molecular weight excluding hydrogens is 332 g/mol. The lowest BCUT2D eigenvalue weighted by Gasteiger charge is -2.13. The summed E-state index contributed by atoms with van der Waals surface area (Å²) in [6.45, 7) is 6.18. The highest BCUT2D eigenvalue weighted by atomic mass is 35.5. The smallest absolute Gasteiger partial charge is 0.262 e. The summed E-state index contributed by atoms with van der Waals surface area (Å²) in [6, 6.07) is 5.25. The van der Waals surface area contributed by atoms with Crippen molar-refractivity contribution in [3.63, 3.8) is 0 Å². The Hall–Kier alpha value is -1.04. The van der Waals surface area contributed by atoms with Crippen molar-refractivity contribution in [3.05, 3.63) is 33.6 Å². The molecule has 0 saturated carbocycles. The zero-order valence-electron chi connectivity index (χ0n) is 13.7. The number of aromatic nitrogens is 2. The fourth-order valence-electron chi connectivity index (χ4n) is 2.34. The van der Waals surface area contributed by atoms with Gasteiger partial charge in [0.05, 0.1) is 17.5 Å². The highest BCUT2D eigenvalue weighted by Gasteiger charge is 2.11. The number of ether oxygens (including phenoxy) is 1. The molecule has 0 unspecified atom stereocenters. The minimum absolute atomic E-state index is 0.0154. The van der Waals surface area contributed by atoms with Crippen LogP contribution < -0.4 is 5.56 Å². The maximum atomic E-state index is 12.8. The fraction of sp³-hybridized carbons (Fsp3) is 0.529. The Kier molecular flexibility index (Phi) is 7.40. The second-order valence-corrected chi connectivity index (χ2v) is 6.76. The van der Waals surface area contributed by atoms with Gasteiger partial charge in [0.2, 0.25) is 0 Å². The number of benzene rings is 1. The Balaban J connectivity index is 2.34. The zero-order chi connectivity index (χ0) is 16.7. The maximum absolute atomic E-state index is 12.8. The Morgan fingerprint density at radius 2 is 2.13 bits per heavy atom. The number of rotatable bonds is 9. The van der Waals surface area contributed by atoms with Crippen LogP contribution in [-0.4, -0.2) is 28.5 Å². The first-order chi connectivity index (χ1) is 11.2. The summed E-state index contributed by atoms with van der Waals surface area (Å²) in [5.41, 5.74) is 0.676. The molecule has 4 nitrogen and oxygen atoms in total. The lowest BCUT2D eigenvalue weighted by atomic mass is 10.2. The van der Waals surface area contributed by atoms with E-state index >= 15 is 0 Å². The molecule has 0 aliphatic rings. The molecular formula is C17H23ClN2O2S. The molecule has 126 valence electrons. The van der Waals surface area contributed by atoms with E-state index in [0.29, 0.717) is 35.7 Å². The van der Waals surface area contributed by atoms with Crippen LogP contribution in [0.4, 0.5) is 0 Å². The lowest BCUT2D eigenvalue weighted by molar-refractivity contribution is 0.164. The van der Waals surface area contributed by atoms with Crippen LogP contribution in [0, 0.1) is 0 Å². The third-order valence-electron chi connectivity index (χ3n) is 3.53. The molecule has 1 aromatic heterocycles. The Morgan fingerprint density at radius 3 is 2.87 bits per heavy atom. The van der Waals surface area contributed by atoms with Crippen LogP contribution >= 0.6 is 23.4 Å². The highest BCUT2D eigenvalue weighted by molar-refractivity contribution is 7.99. The lowest BCUT2D eigenvalue weighted by Crippen LogP contribution is -2.23. The van der Waals surface area contributed by atoms with Crippen LogP contribution in [-0.2, 0) is 11.3 Å². The van der Waals surface area contributed by atoms with Gasteiger partial charge in [0.15, 0.2) is 5.16 Å². The number of halogens is 1. The van der Waals surface area contributed by atoms with Crippen molar-refractivity contribution in [2.24, 2.45) is 0 Å². The van der Waals surface area contributed by atoms with Crippen molar-refractivity contribution >= 4 is 34.3 Å². The minimum Gasteiger partial charge on any atom is -0.381 e. The van der Waals surface area contributed by atoms with Crippen LogP contribution in [0.25, 0.3) is 10.9 Å². The summed E-state index contributed by atoms with van der Waals surface area (Å²) in [5, 5.41) is 1.97. The van der Waals surface area contributed by atoms with Crippen molar-refractivity contribution < 1.29 is 4.74 Å². The molecule has 0 spiro atoms. The minimum atomic E-state index is 0.0154. The summed E-state index contributed by atoms with van der Waals surface area (Å²) in [6.07, 6.45) is 3.21. The molecule has 2 aromatic rings. The normalized spacial score (nSPS) is 11.3. The number of fused-ring (bicyclic) bond motifs is 1. The van der Waals surface area contributed by atoms with Crippen LogP contribution in [0.3, 0.4) is 0 Å². The van der Waals surface area contributed by atoms with Gasteiger partial charge in [-0.3, -0.25) is 9.36 Å². The van der Waals surface area contributed by atoms with Gasteiger partial charge in [0.1, 0.15) is 0 Å². The Bertz CT molecular complexity index is 703. The van der Waals surface area contributed by atoms with Gasteiger partial charge in [0.25, 0.3) is 5.56 Å². The van der Waals surface area contributed by atoms with Gasteiger partial charge in [-0.05, 0) is 31.5 Å². The molecule has 0 bridgehead atoms. The van der Waals surface area contributed by atoms with E-state index in [0.717, 1.165) is 30.2 Å². The molecule has 0 atom stereocenters. The summed E-state index contributed by atoms with van der Waals surface area (Å²) in [5.74, 6) is 0.778. The number of nitrogens with zero attached hydrogens (tertiary/aromatic N) is 2. The summed E-state index contributed by atoms with van der Waals surface area (Å²) in [4.78, 5) is 17.4. The first-order valence-corrected chi connectivity index (χ1v) is 9.44. The molecule has 6 heteroatoms. The van der Waals surface area contributed by atoms with Crippen LogP contribution in [0.15, 0.2) is 28.2 Å². The molecule has 0 radical (unpaired) electrons. The van der Waals surface area contributed by atoms with Gasteiger partial charge in [-0.2, -0.15) is 0 Å². The predicted octanol–water partition coefficient (Wildman–Crippen LogP) is 4.37. The van der Waals surface area contributed by atoms with Crippen molar-refractivity contribution in [1.82, 2.24) is 9.55 Å². The maximum Gasteiger partial charge on any atom is 0.262 e. The van der Waals surface area contributed by atoms with E-state index in [2.05, 4.69) is 11.9 Å². The monoisotopic (exact) mass is 354 g/mol. The van der Waals surface area contributed by atoms with E-state index in [-0.39, 0.29) is 5.56 Å². The van der Waals surface area contributed by atoms with Crippen molar-refractivity contribution in [1.29, 1.82) is 0 Å². The van der Waals surface area contributed by atoms with Gasteiger partial charge in [-0.1, -0.05) is 43.1 Å². The molecule has 0 aliphatic carbocycles. The summed E-state index contributed by atoms with van der Waals surface area (Å²) < 4.78 is 7.17. The van der Waals surface area contributed by atoms with Crippen molar-refractivity contribution in [2.75, 3.05) is 19.0 Å². The second-order valence-electron chi connectivity index (χ2n) is 5.27. The molecule has 1 aromatic carbocycles. The van der Waals surface area contributed by atoms with E-state index in [1.165, 1.54) is 0 Å². The van der Waals surface area contributed by atoms with Crippen molar-refractivity contribution in [3.8, 4) is 0 Å². The van der Waals surface area contributed by atoms with Crippen LogP contribution in [0.2, 0.25) is 5.02 Å². The number of hydrogen-bond acceptors (Lipinski definition) is 4. The number of unbranched alkanes of at least 4 members (excludes halogenated alkanes) is 2. The summed E-state index contributed by atoms with van der Waals surface area (Å²) in [7, 11) is 0. The van der Waals surface area contributed by atoms with E-state index in [1.54, 1.807) is 34.5 Å². The second kappa shape index (κ2) is 9.30. The standard InChI is InChI=1S/C17H23ClN2O2S/c1-3-5-6-9-20-16(21)14-8-7-13(18)12-15(14)19-17(20)23-11-10-22-4-2/h7-8,12H,3-6,9-11H2,1-2H3. The zero-order valence-corrected chi connectivity index (χ0v) is 15.3. The predicted molar refractivity (Wildman–Crippen MR) is 97.8 cm³/mol. The molecule has 0 saturated heterocycles. The molecule has 2 rings (SSSR count). The highest BCUT2D eigenvalue weighted by Crippen LogP contribution is 2.21. The topological polar surface area (TPSA) is 44.1 Å². The van der Waals surface area contributed by atoms with Crippen LogP contribution in [0.5, 0.6) is 0 Å². The average molecular weight is 355 g/mol. The Morgan fingerprint density at radius 1 is 1.30 bits per heavy atom. The fourth-order valence-corrected chi connectivity index (χ4v) is 3.38. The third-order valence-corrected chi connectivity index (χ3v) is 4.71. The molecule has 1 heterocycles. The van der Waals surface area contributed by atoms with Gasteiger partial charge in [-0.25, -0.2) is 4.98 Å². The van der Waals surface area contributed by atoms with Crippen LogP contribution in [0.1, 0.15) is 33.1 Å². The van der Waals surface area contributed by atoms with E-state index in [9.17, 15) is 4.79 Å². The third kappa shape index (κ3) is 4.96. The number of thioether (sulfide) groups is 1. The van der Waals surface area contributed by atoms with Gasteiger partial charge < -0.3 is 4.74 Å². The molecule has 23 heavy (non-hydrogen) atoms.